The largest absolute Gasteiger partial charge is 0.296 e. The van der Waals surface area contributed by atoms with Gasteiger partial charge in [0.05, 0.1) is 0 Å². The Morgan fingerprint density at radius 2 is 2.12 bits per heavy atom. The fourth-order valence-electron chi connectivity index (χ4n) is 1.74. The number of hydrogen-bond donors (Lipinski definition) is 1. The van der Waals surface area contributed by atoms with E-state index < -0.39 is 5.91 Å². The van der Waals surface area contributed by atoms with E-state index in [1.54, 1.807) is 29.6 Å². The number of thioether (sulfide) groups is 2. The van der Waals surface area contributed by atoms with Crippen molar-refractivity contribution in [3.05, 3.63) is 35.4 Å². The van der Waals surface area contributed by atoms with Crippen molar-refractivity contribution in [2.75, 3.05) is 17.3 Å². The van der Waals surface area contributed by atoms with Crippen molar-refractivity contribution in [3.8, 4) is 6.07 Å². The monoisotopic (exact) mass is 390 g/mol. The first-order valence-corrected chi connectivity index (χ1v) is 10.5. The number of anilines is 1. The summed E-state index contributed by atoms with van der Waals surface area (Å²) in [4.78, 5) is 17.7. The van der Waals surface area contributed by atoms with Crippen molar-refractivity contribution in [1.29, 1.82) is 5.26 Å². The van der Waals surface area contributed by atoms with E-state index >= 15 is 0 Å². The second-order valence-electron chi connectivity index (χ2n) is 5.48. The van der Waals surface area contributed by atoms with E-state index in [0.29, 0.717) is 16.2 Å². The third-order valence-electron chi connectivity index (χ3n) is 2.97. The molecule has 1 heterocycles. The van der Waals surface area contributed by atoms with Crippen LogP contribution in [0.25, 0.3) is 6.08 Å². The number of nitriles is 1. The number of nitrogens with zero attached hydrogens (tertiary/aromatic N) is 3. The standard InChI is InChI=1S/C17H18N4OS3/c1-11(2)10-24-17-20-16(25-21-17)19-15(22)13(9-18)8-12-4-6-14(23-3)7-5-12/h4-8,11H,10H2,1-3H3,(H,19,20,21,22). The quantitative estimate of drug-likeness (QED) is 0.424. The highest BCUT2D eigenvalue weighted by molar-refractivity contribution is 7.99. The molecule has 0 unspecified atom stereocenters. The van der Waals surface area contributed by atoms with Crippen molar-refractivity contribution in [2.45, 2.75) is 23.9 Å². The Morgan fingerprint density at radius 3 is 2.72 bits per heavy atom. The van der Waals surface area contributed by atoms with Gasteiger partial charge < -0.3 is 0 Å². The third-order valence-corrected chi connectivity index (χ3v) is 5.73. The van der Waals surface area contributed by atoms with Crippen LogP contribution in [0.1, 0.15) is 19.4 Å². The zero-order valence-corrected chi connectivity index (χ0v) is 16.6. The number of nitrogens with one attached hydrogen (secondary N) is 1. The molecule has 0 radical (unpaired) electrons. The summed E-state index contributed by atoms with van der Waals surface area (Å²) in [6.45, 7) is 4.25. The fourth-order valence-corrected chi connectivity index (χ4v) is 3.64. The predicted octanol–water partition coefficient (Wildman–Crippen LogP) is 4.55. The Kier molecular flexibility index (Phi) is 7.50. The summed E-state index contributed by atoms with van der Waals surface area (Å²) in [6.07, 6.45) is 3.56. The lowest BCUT2D eigenvalue weighted by Crippen LogP contribution is -2.13. The van der Waals surface area contributed by atoms with Gasteiger partial charge in [-0.25, -0.2) is 0 Å². The summed E-state index contributed by atoms with van der Waals surface area (Å²) in [5.41, 5.74) is 0.832. The maximum atomic E-state index is 12.3. The lowest BCUT2D eigenvalue weighted by Gasteiger charge is -2.01. The number of carbonyl (C=O) groups is 1. The molecular formula is C17H18N4OS3. The van der Waals surface area contributed by atoms with Crippen LogP contribution >= 0.6 is 35.1 Å². The number of amides is 1. The lowest BCUT2D eigenvalue weighted by molar-refractivity contribution is -0.112. The van der Waals surface area contributed by atoms with Gasteiger partial charge in [0.2, 0.25) is 10.3 Å². The molecule has 0 bridgehead atoms. The summed E-state index contributed by atoms with van der Waals surface area (Å²) < 4.78 is 4.20. The van der Waals surface area contributed by atoms with E-state index in [-0.39, 0.29) is 5.57 Å². The van der Waals surface area contributed by atoms with Crippen LogP contribution in [0.4, 0.5) is 5.13 Å². The molecule has 1 aromatic heterocycles. The minimum Gasteiger partial charge on any atom is -0.296 e. The molecule has 0 aliphatic rings. The first kappa shape index (κ1) is 19.5. The van der Waals surface area contributed by atoms with Crippen molar-refractivity contribution < 1.29 is 4.79 Å². The molecular weight excluding hydrogens is 372 g/mol. The van der Waals surface area contributed by atoms with Crippen molar-refractivity contribution >= 4 is 52.2 Å². The summed E-state index contributed by atoms with van der Waals surface area (Å²) in [5.74, 6) is 0.977. The Bertz CT molecular complexity index is 791. The molecule has 8 heteroatoms. The minimum atomic E-state index is -0.479. The van der Waals surface area contributed by atoms with Crippen molar-refractivity contribution in [2.24, 2.45) is 5.92 Å². The van der Waals surface area contributed by atoms with Gasteiger partial charge in [0, 0.05) is 22.2 Å². The Balaban J connectivity index is 2.04. The SMILES string of the molecule is CSc1ccc(C=C(C#N)C(=O)Nc2nc(SCC(C)C)ns2)cc1. The number of benzene rings is 1. The van der Waals surface area contributed by atoms with Crippen molar-refractivity contribution in [3.63, 3.8) is 0 Å². The highest BCUT2D eigenvalue weighted by Gasteiger charge is 2.13. The van der Waals surface area contributed by atoms with Crippen LogP contribution in [0.5, 0.6) is 0 Å². The average molecular weight is 391 g/mol. The van der Waals surface area contributed by atoms with Crippen LogP contribution in [0, 0.1) is 17.2 Å². The van der Waals surface area contributed by atoms with Gasteiger partial charge in [0.15, 0.2) is 0 Å². The van der Waals surface area contributed by atoms with E-state index in [1.165, 1.54) is 0 Å². The van der Waals surface area contributed by atoms with Crippen LogP contribution in [0.3, 0.4) is 0 Å². The number of aromatic nitrogens is 2. The maximum Gasteiger partial charge on any atom is 0.268 e. The van der Waals surface area contributed by atoms with Crippen LogP contribution in [-0.4, -0.2) is 27.3 Å². The van der Waals surface area contributed by atoms with E-state index in [0.717, 1.165) is 27.7 Å². The van der Waals surface area contributed by atoms with Gasteiger partial charge in [-0.3, -0.25) is 10.1 Å². The topological polar surface area (TPSA) is 78.7 Å². The molecule has 0 saturated heterocycles. The molecule has 1 amide bonds. The molecule has 2 aromatic rings. The number of rotatable bonds is 7. The molecule has 0 spiro atoms. The smallest absolute Gasteiger partial charge is 0.268 e. The van der Waals surface area contributed by atoms with Gasteiger partial charge in [-0.1, -0.05) is 37.7 Å². The van der Waals surface area contributed by atoms with Gasteiger partial charge in [0.25, 0.3) is 5.91 Å². The van der Waals surface area contributed by atoms with Gasteiger partial charge in [-0.15, -0.1) is 11.8 Å². The first-order chi connectivity index (χ1) is 12.0. The lowest BCUT2D eigenvalue weighted by atomic mass is 10.1. The second-order valence-corrected chi connectivity index (χ2v) is 8.10. The van der Waals surface area contributed by atoms with Crippen molar-refractivity contribution in [1.82, 2.24) is 9.36 Å². The molecule has 5 nitrogen and oxygen atoms in total. The van der Waals surface area contributed by atoms with Gasteiger partial charge >= 0.3 is 0 Å². The fraction of sp³-hybridized carbons (Fsp3) is 0.294. The van der Waals surface area contributed by atoms with E-state index in [4.69, 9.17) is 0 Å². The molecule has 1 N–H and O–H groups in total. The second kappa shape index (κ2) is 9.61. The molecule has 0 aliphatic heterocycles. The molecule has 130 valence electrons. The molecule has 0 fully saturated rings. The molecule has 0 saturated carbocycles. The number of hydrogen-bond acceptors (Lipinski definition) is 7. The molecule has 0 aliphatic carbocycles. The molecule has 2 rings (SSSR count). The van der Waals surface area contributed by atoms with Gasteiger partial charge in [0.1, 0.15) is 11.6 Å². The molecule has 1 aromatic carbocycles. The molecule has 0 atom stereocenters. The Morgan fingerprint density at radius 1 is 1.40 bits per heavy atom. The zero-order chi connectivity index (χ0) is 18.2. The van der Waals surface area contributed by atoms with Crippen LogP contribution in [0.2, 0.25) is 0 Å². The van der Waals surface area contributed by atoms with Crippen LogP contribution < -0.4 is 5.32 Å². The minimum absolute atomic E-state index is 0.0310. The highest BCUT2D eigenvalue weighted by Crippen LogP contribution is 2.22. The highest BCUT2D eigenvalue weighted by atomic mass is 32.2. The normalized spacial score (nSPS) is 11.4. The van der Waals surface area contributed by atoms with Crippen LogP contribution in [0.15, 0.2) is 39.9 Å². The zero-order valence-electron chi connectivity index (χ0n) is 14.1. The van der Waals surface area contributed by atoms with E-state index in [9.17, 15) is 10.1 Å². The molecule has 25 heavy (non-hydrogen) atoms. The van der Waals surface area contributed by atoms with E-state index in [1.807, 2.05) is 36.6 Å². The Labute approximate surface area is 160 Å². The Hall–Kier alpha value is -1.82. The van der Waals surface area contributed by atoms with Gasteiger partial charge in [-0.05, 0) is 35.9 Å². The average Bonchev–Trinajstić information content (AvgIpc) is 3.05. The summed E-state index contributed by atoms with van der Waals surface area (Å²) >= 11 is 4.30. The summed E-state index contributed by atoms with van der Waals surface area (Å²) in [5, 5.41) is 12.9. The summed E-state index contributed by atoms with van der Waals surface area (Å²) in [7, 11) is 0. The summed E-state index contributed by atoms with van der Waals surface area (Å²) in [6, 6.07) is 9.60. The maximum absolute atomic E-state index is 12.3. The predicted molar refractivity (Wildman–Crippen MR) is 106 cm³/mol. The van der Waals surface area contributed by atoms with Crippen LogP contribution in [-0.2, 0) is 4.79 Å². The number of carbonyl (C=O) groups excluding carboxylic acids is 1. The van der Waals surface area contributed by atoms with E-state index in [2.05, 4.69) is 28.5 Å². The van der Waals surface area contributed by atoms with Gasteiger partial charge in [-0.2, -0.15) is 14.6 Å². The third kappa shape index (κ3) is 6.20. The first-order valence-electron chi connectivity index (χ1n) is 7.55.